The summed E-state index contributed by atoms with van der Waals surface area (Å²) in [4.78, 5) is 23.8. The van der Waals surface area contributed by atoms with Crippen LogP contribution in [0.2, 0.25) is 0 Å². The van der Waals surface area contributed by atoms with Gasteiger partial charge in [-0.25, -0.2) is 0 Å². The number of carbonyl (C=O) groups excluding carboxylic acids is 2. The number of hydrogen-bond acceptors (Lipinski definition) is 5. The van der Waals surface area contributed by atoms with Crippen LogP contribution < -0.4 is 15.2 Å². The maximum atomic E-state index is 12.5. The number of benzene rings is 1. The zero-order valence-electron chi connectivity index (χ0n) is 12.0. The number of amides is 1. The van der Waals surface area contributed by atoms with Crippen molar-refractivity contribution in [1.29, 1.82) is 0 Å². The van der Waals surface area contributed by atoms with E-state index in [1.807, 2.05) is 6.92 Å². The van der Waals surface area contributed by atoms with Crippen LogP contribution in [0.25, 0.3) is 0 Å². The number of rotatable bonds is 5. The van der Waals surface area contributed by atoms with Gasteiger partial charge in [-0.2, -0.15) is 0 Å². The fraction of sp³-hybridized carbons (Fsp3) is 0.375. The molecule has 2 aliphatic heterocycles. The lowest BCUT2D eigenvalue weighted by molar-refractivity contribution is -0.313. The van der Waals surface area contributed by atoms with Gasteiger partial charge in [0, 0.05) is 11.9 Å². The lowest BCUT2D eigenvalue weighted by Crippen LogP contribution is -2.45. The molecule has 1 amide bonds. The minimum absolute atomic E-state index is 0.404. The number of fused-ring (bicyclic) bond motifs is 2. The zero-order chi connectivity index (χ0) is 15.7. The van der Waals surface area contributed by atoms with Crippen LogP contribution in [0, 0.1) is 11.8 Å². The summed E-state index contributed by atoms with van der Waals surface area (Å²) in [6, 6.07) is 7.02. The number of carbonyl (C=O) groups is 2. The van der Waals surface area contributed by atoms with Gasteiger partial charge in [-0.15, -0.1) is 0 Å². The number of anilines is 1. The average molecular weight is 302 g/mol. The molecule has 1 aromatic rings. The molecule has 1 aromatic carbocycles. The van der Waals surface area contributed by atoms with Gasteiger partial charge >= 0.3 is 0 Å². The van der Waals surface area contributed by atoms with Gasteiger partial charge in [0.1, 0.15) is 5.75 Å². The average Bonchev–Trinajstić information content (AvgIpc) is 3.10. The zero-order valence-corrected chi connectivity index (χ0v) is 12.0. The second-order valence-electron chi connectivity index (χ2n) is 5.24. The minimum atomic E-state index is -1.27. The number of nitrogens with one attached hydrogen (secondary N) is 1. The largest absolute Gasteiger partial charge is 0.550 e. The summed E-state index contributed by atoms with van der Waals surface area (Å²) in [5, 5.41) is 14.0. The van der Waals surface area contributed by atoms with Crippen LogP contribution in [0.4, 0.5) is 5.69 Å². The standard InChI is InChI=1S/C16H17NO5/c1-2-21-10-6-4-3-5-9(10)17-15(18)13-11-7-8-12(22-11)14(13)16(19)20/h3-8,11-14H,2H2,1H3,(H,17,18)(H,19,20)/p-1/t11-,12+,13+,14+/m1/s1. The number of carboxylic acid groups (broad SMARTS) is 1. The summed E-state index contributed by atoms with van der Waals surface area (Å²) in [7, 11) is 0. The Balaban J connectivity index is 1.80. The van der Waals surface area contributed by atoms with Crippen molar-refractivity contribution in [3.8, 4) is 5.75 Å². The molecular weight excluding hydrogens is 286 g/mol. The van der Waals surface area contributed by atoms with Crippen molar-refractivity contribution in [3.05, 3.63) is 36.4 Å². The Morgan fingerprint density at radius 2 is 1.91 bits per heavy atom. The first kappa shape index (κ1) is 14.6. The molecule has 6 heteroatoms. The Hall–Kier alpha value is -2.34. The molecule has 4 atom stereocenters. The maximum absolute atomic E-state index is 12.5. The molecule has 0 aromatic heterocycles. The maximum Gasteiger partial charge on any atom is 0.231 e. The number of aliphatic carboxylic acids is 1. The summed E-state index contributed by atoms with van der Waals surface area (Å²) in [6.07, 6.45) is 2.28. The summed E-state index contributed by atoms with van der Waals surface area (Å²) >= 11 is 0. The van der Waals surface area contributed by atoms with Crippen molar-refractivity contribution in [2.75, 3.05) is 11.9 Å². The van der Waals surface area contributed by atoms with Crippen LogP contribution in [0.1, 0.15) is 6.92 Å². The Morgan fingerprint density at radius 1 is 1.23 bits per heavy atom. The van der Waals surface area contributed by atoms with Gasteiger partial charge < -0.3 is 24.7 Å². The van der Waals surface area contributed by atoms with Crippen molar-refractivity contribution in [1.82, 2.24) is 0 Å². The predicted octanol–water partition coefficient (Wildman–Crippen LogP) is 0.343. The molecule has 1 fully saturated rings. The molecule has 0 radical (unpaired) electrons. The van der Waals surface area contributed by atoms with Crippen LogP contribution >= 0.6 is 0 Å². The topological polar surface area (TPSA) is 87.7 Å². The molecule has 0 spiro atoms. The highest BCUT2D eigenvalue weighted by molar-refractivity contribution is 5.97. The van der Waals surface area contributed by atoms with Crippen LogP contribution in [0.3, 0.4) is 0 Å². The molecular formula is C16H16NO5-. The Labute approximate surface area is 127 Å². The van der Waals surface area contributed by atoms with Crippen LogP contribution in [0.15, 0.2) is 36.4 Å². The third kappa shape index (κ3) is 2.46. The predicted molar refractivity (Wildman–Crippen MR) is 76.0 cm³/mol. The van der Waals surface area contributed by atoms with Crippen LogP contribution in [-0.4, -0.2) is 30.7 Å². The quantitative estimate of drug-likeness (QED) is 0.793. The highest BCUT2D eigenvalue weighted by atomic mass is 16.5. The molecule has 0 saturated carbocycles. The highest BCUT2D eigenvalue weighted by Gasteiger charge is 2.50. The molecule has 2 aliphatic rings. The van der Waals surface area contributed by atoms with Crippen molar-refractivity contribution in [2.45, 2.75) is 19.1 Å². The van der Waals surface area contributed by atoms with E-state index in [4.69, 9.17) is 9.47 Å². The highest BCUT2D eigenvalue weighted by Crippen LogP contribution is 2.39. The van der Waals surface area contributed by atoms with Gasteiger partial charge in [-0.05, 0) is 19.1 Å². The molecule has 0 aliphatic carbocycles. The van der Waals surface area contributed by atoms with Gasteiger partial charge in [0.15, 0.2) is 0 Å². The number of para-hydroxylation sites is 2. The van der Waals surface area contributed by atoms with Crippen LogP contribution in [0.5, 0.6) is 5.75 Å². The third-order valence-electron chi connectivity index (χ3n) is 3.92. The first-order chi connectivity index (χ1) is 10.6. The monoisotopic (exact) mass is 302 g/mol. The summed E-state index contributed by atoms with van der Waals surface area (Å²) in [5.41, 5.74) is 0.512. The molecule has 1 saturated heterocycles. The van der Waals surface area contributed by atoms with Gasteiger partial charge in [0.05, 0.1) is 30.4 Å². The molecule has 116 valence electrons. The number of ether oxygens (including phenoxy) is 2. The van der Waals surface area contributed by atoms with Crippen LogP contribution in [-0.2, 0) is 14.3 Å². The van der Waals surface area contributed by atoms with E-state index in [2.05, 4.69) is 5.32 Å². The normalized spacial score (nSPS) is 28.6. The fourth-order valence-corrected chi connectivity index (χ4v) is 2.97. The Bertz CT molecular complexity index is 627. The first-order valence-electron chi connectivity index (χ1n) is 7.19. The molecule has 22 heavy (non-hydrogen) atoms. The van der Waals surface area contributed by atoms with Crippen molar-refractivity contribution in [3.63, 3.8) is 0 Å². The fourth-order valence-electron chi connectivity index (χ4n) is 2.97. The molecule has 3 rings (SSSR count). The Kier molecular flexibility index (Phi) is 3.85. The Morgan fingerprint density at radius 3 is 2.59 bits per heavy atom. The van der Waals surface area contributed by atoms with Crippen molar-refractivity contribution in [2.24, 2.45) is 11.8 Å². The van der Waals surface area contributed by atoms with E-state index in [1.54, 1.807) is 36.4 Å². The van der Waals surface area contributed by atoms with E-state index in [0.29, 0.717) is 18.0 Å². The lowest BCUT2D eigenvalue weighted by atomic mass is 9.82. The van der Waals surface area contributed by atoms with E-state index in [-0.39, 0.29) is 0 Å². The van der Waals surface area contributed by atoms with Gasteiger partial charge in [-0.1, -0.05) is 24.3 Å². The second-order valence-corrected chi connectivity index (χ2v) is 5.24. The number of carboxylic acids is 1. The molecule has 2 heterocycles. The third-order valence-corrected chi connectivity index (χ3v) is 3.92. The van der Waals surface area contributed by atoms with Gasteiger partial charge in [0.2, 0.25) is 5.91 Å². The summed E-state index contributed by atoms with van der Waals surface area (Å²) in [5.74, 6) is -2.89. The molecule has 1 N–H and O–H groups in total. The molecule has 0 unspecified atom stereocenters. The van der Waals surface area contributed by atoms with Gasteiger partial charge in [0.25, 0.3) is 0 Å². The van der Waals surface area contributed by atoms with Gasteiger partial charge in [-0.3, -0.25) is 4.79 Å². The SMILES string of the molecule is CCOc1ccccc1NC(=O)[C@@H]1[C@@H](C(=O)[O-])[C@@H]2C=C[C@H]1O2. The van der Waals surface area contributed by atoms with E-state index in [9.17, 15) is 14.7 Å². The van der Waals surface area contributed by atoms with E-state index in [1.165, 1.54) is 0 Å². The number of hydrogen-bond donors (Lipinski definition) is 1. The summed E-state index contributed by atoms with van der Waals surface area (Å²) in [6.45, 7) is 2.31. The second kappa shape index (κ2) is 5.81. The molecule has 6 nitrogen and oxygen atoms in total. The lowest BCUT2D eigenvalue weighted by Gasteiger charge is -2.25. The van der Waals surface area contributed by atoms with E-state index >= 15 is 0 Å². The summed E-state index contributed by atoms with van der Waals surface area (Å²) < 4.78 is 10.9. The van der Waals surface area contributed by atoms with Crippen molar-refractivity contribution < 1.29 is 24.2 Å². The van der Waals surface area contributed by atoms with E-state index in [0.717, 1.165) is 0 Å². The first-order valence-corrected chi connectivity index (χ1v) is 7.19. The molecule has 2 bridgehead atoms. The minimum Gasteiger partial charge on any atom is -0.550 e. The smallest absolute Gasteiger partial charge is 0.231 e. The van der Waals surface area contributed by atoms with E-state index < -0.39 is 35.9 Å². The van der Waals surface area contributed by atoms with Crippen molar-refractivity contribution >= 4 is 17.6 Å².